The van der Waals surface area contributed by atoms with E-state index in [9.17, 15) is 13.2 Å². The van der Waals surface area contributed by atoms with Gasteiger partial charge in [0.2, 0.25) is 22.3 Å². The van der Waals surface area contributed by atoms with Crippen LogP contribution in [0.15, 0.2) is 23.1 Å². The lowest BCUT2D eigenvalue weighted by Gasteiger charge is -2.15. The summed E-state index contributed by atoms with van der Waals surface area (Å²) in [5.41, 5.74) is 1.90. The van der Waals surface area contributed by atoms with Crippen LogP contribution < -0.4 is 5.14 Å². The second-order valence-corrected chi connectivity index (χ2v) is 6.98. The quantitative estimate of drug-likeness (QED) is 0.806. The van der Waals surface area contributed by atoms with E-state index in [4.69, 9.17) is 10.2 Å². The SMILES string of the molecule is CC1=[N+](CC(=O)O)c2ccc(S(N)(=O)=O)cc2C1(C)C. The highest BCUT2D eigenvalue weighted by Crippen LogP contribution is 2.40. The maximum absolute atomic E-state index is 11.4. The van der Waals surface area contributed by atoms with Gasteiger partial charge in [0.1, 0.15) is 0 Å². The molecular formula is C13H17N2O4S+. The van der Waals surface area contributed by atoms with E-state index in [0.29, 0.717) is 5.69 Å². The Bertz CT molecular complexity index is 733. The molecule has 0 unspecified atom stereocenters. The van der Waals surface area contributed by atoms with Gasteiger partial charge in [-0.1, -0.05) is 0 Å². The van der Waals surface area contributed by atoms with Crippen molar-refractivity contribution in [3.63, 3.8) is 0 Å². The second-order valence-electron chi connectivity index (χ2n) is 5.41. The zero-order valence-corrected chi connectivity index (χ0v) is 12.4. The molecule has 1 aliphatic heterocycles. The van der Waals surface area contributed by atoms with Gasteiger partial charge in [0.05, 0.1) is 10.3 Å². The van der Waals surface area contributed by atoms with Gasteiger partial charge in [0.15, 0.2) is 5.71 Å². The van der Waals surface area contributed by atoms with Crippen LogP contribution in [0.5, 0.6) is 0 Å². The van der Waals surface area contributed by atoms with Gasteiger partial charge in [-0.15, -0.1) is 0 Å². The number of carboxylic acid groups (broad SMARTS) is 1. The minimum atomic E-state index is -3.78. The summed E-state index contributed by atoms with van der Waals surface area (Å²) in [6.07, 6.45) is 0. The Morgan fingerprint density at radius 2 is 2.00 bits per heavy atom. The normalized spacial score (nSPS) is 17.2. The molecule has 20 heavy (non-hydrogen) atoms. The van der Waals surface area contributed by atoms with Crippen LogP contribution in [0, 0.1) is 0 Å². The lowest BCUT2D eigenvalue weighted by Crippen LogP contribution is -2.28. The number of fused-ring (bicyclic) bond motifs is 1. The highest BCUT2D eigenvalue weighted by Gasteiger charge is 2.44. The number of nitrogens with zero attached hydrogens (tertiary/aromatic N) is 1. The number of rotatable bonds is 3. The topological polar surface area (TPSA) is 100 Å². The molecule has 0 radical (unpaired) electrons. The highest BCUT2D eigenvalue weighted by molar-refractivity contribution is 7.89. The number of benzene rings is 1. The third-order valence-electron chi connectivity index (χ3n) is 3.86. The zero-order chi connectivity index (χ0) is 15.3. The zero-order valence-electron chi connectivity index (χ0n) is 11.5. The Morgan fingerprint density at radius 1 is 1.40 bits per heavy atom. The van der Waals surface area contributed by atoms with E-state index in [-0.39, 0.29) is 11.4 Å². The molecular weight excluding hydrogens is 280 g/mol. The van der Waals surface area contributed by atoms with Crippen molar-refractivity contribution in [1.82, 2.24) is 0 Å². The van der Waals surface area contributed by atoms with Crippen molar-refractivity contribution in [2.75, 3.05) is 6.54 Å². The average molecular weight is 297 g/mol. The lowest BCUT2D eigenvalue weighted by atomic mass is 9.82. The summed E-state index contributed by atoms with van der Waals surface area (Å²) in [6.45, 7) is 5.54. The fourth-order valence-electron chi connectivity index (χ4n) is 2.48. The number of carboxylic acids is 1. The molecule has 3 N–H and O–H groups in total. The summed E-state index contributed by atoms with van der Waals surface area (Å²) in [5, 5.41) is 14.1. The highest BCUT2D eigenvalue weighted by atomic mass is 32.2. The average Bonchev–Trinajstić information content (AvgIpc) is 2.49. The molecule has 0 aromatic heterocycles. The van der Waals surface area contributed by atoms with Gasteiger partial charge in [-0.3, -0.25) is 0 Å². The summed E-state index contributed by atoms with van der Waals surface area (Å²) >= 11 is 0. The first-order valence-corrected chi connectivity index (χ1v) is 7.60. The molecule has 0 aliphatic carbocycles. The molecule has 0 bridgehead atoms. The third kappa shape index (κ3) is 2.23. The summed E-state index contributed by atoms with van der Waals surface area (Å²) in [7, 11) is -3.78. The molecule has 0 saturated carbocycles. The van der Waals surface area contributed by atoms with Crippen LogP contribution in [0.2, 0.25) is 0 Å². The Balaban J connectivity index is 2.66. The van der Waals surface area contributed by atoms with Crippen LogP contribution in [-0.4, -0.2) is 36.3 Å². The maximum atomic E-state index is 11.4. The third-order valence-corrected chi connectivity index (χ3v) is 4.77. The Kier molecular flexibility index (Phi) is 3.22. The van der Waals surface area contributed by atoms with Crippen LogP contribution in [0.4, 0.5) is 5.69 Å². The molecule has 1 aliphatic rings. The molecule has 7 heteroatoms. The van der Waals surface area contributed by atoms with E-state index in [1.807, 2.05) is 20.8 Å². The number of aliphatic carboxylic acids is 1. The number of nitrogens with two attached hydrogens (primary N) is 1. The molecule has 0 saturated heterocycles. The molecule has 1 aromatic carbocycles. The van der Waals surface area contributed by atoms with Gasteiger partial charge >= 0.3 is 5.97 Å². The Hall–Kier alpha value is -1.73. The number of hydrogen-bond donors (Lipinski definition) is 2. The smallest absolute Gasteiger partial charge is 0.370 e. The second kappa shape index (κ2) is 4.39. The minimum absolute atomic E-state index is 0.0364. The van der Waals surface area contributed by atoms with Gasteiger partial charge in [0, 0.05) is 18.6 Å². The first-order valence-electron chi connectivity index (χ1n) is 6.06. The maximum Gasteiger partial charge on any atom is 0.370 e. The molecule has 108 valence electrons. The molecule has 1 aromatic rings. The van der Waals surface area contributed by atoms with Crippen molar-refractivity contribution >= 4 is 27.4 Å². The van der Waals surface area contributed by atoms with Crippen molar-refractivity contribution in [3.05, 3.63) is 23.8 Å². The summed E-state index contributed by atoms with van der Waals surface area (Å²) in [5.74, 6) is -0.941. The minimum Gasteiger partial charge on any atom is -0.477 e. The van der Waals surface area contributed by atoms with Crippen molar-refractivity contribution in [3.8, 4) is 0 Å². The van der Waals surface area contributed by atoms with Crippen LogP contribution in [0.1, 0.15) is 26.3 Å². The summed E-state index contributed by atoms with van der Waals surface area (Å²) in [4.78, 5) is 11.0. The van der Waals surface area contributed by atoms with E-state index in [1.165, 1.54) is 12.1 Å². The molecule has 0 fully saturated rings. The molecule has 0 amide bonds. The van der Waals surface area contributed by atoms with E-state index in [0.717, 1.165) is 11.3 Å². The van der Waals surface area contributed by atoms with Gasteiger partial charge < -0.3 is 5.11 Å². The molecule has 6 nitrogen and oxygen atoms in total. The largest absolute Gasteiger partial charge is 0.477 e. The number of carbonyl (C=O) groups is 1. The fourth-order valence-corrected chi connectivity index (χ4v) is 3.02. The van der Waals surface area contributed by atoms with Crippen LogP contribution in [-0.2, 0) is 20.2 Å². The Labute approximate surface area is 117 Å². The fraction of sp³-hybridized carbons (Fsp3) is 0.385. The molecule has 1 heterocycles. The van der Waals surface area contributed by atoms with Crippen molar-refractivity contribution in [1.29, 1.82) is 0 Å². The van der Waals surface area contributed by atoms with E-state index < -0.39 is 21.4 Å². The van der Waals surface area contributed by atoms with Crippen LogP contribution >= 0.6 is 0 Å². The Morgan fingerprint density at radius 3 is 2.50 bits per heavy atom. The number of hydrogen-bond acceptors (Lipinski definition) is 3. The molecule has 0 spiro atoms. The lowest BCUT2D eigenvalue weighted by molar-refractivity contribution is -0.429. The van der Waals surface area contributed by atoms with E-state index in [2.05, 4.69) is 0 Å². The predicted molar refractivity (Wildman–Crippen MR) is 73.9 cm³/mol. The first-order chi connectivity index (χ1) is 9.05. The number of primary sulfonamides is 1. The van der Waals surface area contributed by atoms with Crippen molar-refractivity contribution in [2.24, 2.45) is 5.14 Å². The van der Waals surface area contributed by atoms with E-state index in [1.54, 1.807) is 10.6 Å². The van der Waals surface area contributed by atoms with E-state index >= 15 is 0 Å². The van der Waals surface area contributed by atoms with Gasteiger partial charge in [-0.05, 0) is 26.0 Å². The molecule has 2 rings (SSSR count). The van der Waals surface area contributed by atoms with Gasteiger partial charge in [-0.25, -0.2) is 18.4 Å². The standard InChI is InChI=1S/C13H16N2O4S/c1-8-13(2,3)10-6-9(20(14,18)19)4-5-11(10)15(8)7-12(16)17/h4-6H,7H2,1-3H3,(H2-,14,16,17,18,19)/p+1. The summed E-state index contributed by atoms with van der Waals surface area (Å²) in [6, 6.07) is 4.53. The molecule has 0 atom stereocenters. The van der Waals surface area contributed by atoms with Crippen molar-refractivity contribution < 1.29 is 22.9 Å². The predicted octanol–water partition coefficient (Wildman–Crippen LogP) is 0.815. The van der Waals surface area contributed by atoms with Gasteiger partial charge in [0.25, 0.3) is 0 Å². The number of sulfonamides is 1. The van der Waals surface area contributed by atoms with Crippen LogP contribution in [0.25, 0.3) is 0 Å². The van der Waals surface area contributed by atoms with Gasteiger partial charge in [-0.2, -0.15) is 4.58 Å². The first kappa shape index (κ1) is 14.7. The summed E-state index contributed by atoms with van der Waals surface area (Å²) < 4.78 is 24.6. The van der Waals surface area contributed by atoms with Crippen LogP contribution in [0.3, 0.4) is 0 Å². The monoisotopic (exact) mass is 297 g/mol. The van der Waals surface area contributed by atoms with Crippen molar-refractivity contribution in [2.45, 2.75) is 31.1 Å².